The maximum absolute atomic E-state index is 12.8. The Labute approximate surface area is 133 Å². The Kier molecular flexibility index (Phi) is 5.68. The molecule has 0 aliphatic rings. The number of benzene rings is 2. The summed E-state index contributed by atoms with van der Waals surface area (Å²) >= 11 is 0. The zero-order valence-electron chi connectivity index (χ0n) is 12.5. The molecule has 0 saturated carbocycles. The normalized spacial score (nSPS) is 10.0. The van der Waals surface area contributed by atoms with Gasteiger partial charge in [0.25, 0.3) is 5.91 Å². The number of carbonyl (C=O) groups is 2. The number of nitrogens with one attached hydrogen (secondary N) is 1. The number of methoxy groups -OCH3 is 1. The summed E-state index contributed by atoms with van der Waals surface area (Å²) in [5, 5.41) is 2.60. The monoisotopic (exact) mass is 317 g/mol. The zero-order valence-corrected chi connectivity index (χ0v) is 12.5. The van der Waals surface area contributed by atoms with Crippen LogP contribution in [0.3, 0.4) is 0 Å². The number of halogens is 1. The molecule has 23 heavy (non-hydrogen) atoms. The zero-order chi connectivity index (χ0) is 16.7. The highest BCUT2D eigenvalue weighted by Crippen LogP contribution is 2.14. The van der Waals surface area contributed by atoms with E-state index in [0.717, 1.165) is 0 Å². The number of anilines is 1. The van der Waals surface area contributed by atoms with Gasteiger partial charge in [-0.05, 0) is 42.0 Å². The minimum atomic E-state index is -0.554. The molecule has 0 fully saturated rings. The highest BCUT2D eigenvalue weighted by atomic mass is 19.1. The Balaban J connectivity index is 1.76. The molecule has 1 amide bonds. The van der Waals surface area contributed by atoms with Crippen molar-refractivity contribution in [2.75, 3.05) is 19.0 Å². The average molecular weight is 317 g/mol. The number of hydrogen-bond acceptors (Lipinski definition) is 4. The van der Waals surface area contributed by atoms with Crippen molar-refractivity contribution < 1.29 is 23.5 Å². The summed E-state index contributed by atoms with van der Waals surface area (Å²) in [6.45, 7) is -0.383. The van der Waals surface area contributed by atoms with E-state index < -0.39 is 11.9 Å². The number of amides is 1. The van der Waals surface area contributed by atoms with Gasteiger partial charge in [0.15, 0.2) is 6.61 Å². The Morgan fingerprint density at radius 1 is 1.04 bits per heavy atom. The van der Waals surface area contributed by atoms with Crippen LogP contribution in [0.15, 0.2) is 48.5 Å². The van der Waals surface area contributed by atoms with E-state index in [0.29, 0.717) is 17.0 Å². The third-order valence-electron chi connectivity index (χ3n) is 3.00. The van der Waals surface area contributed by atoms with Crippen LogP contribution in [0.5, 0.6) is 5.75 Å². The van der Waals surface area contributed by atoms with Gasteiger partial charge in [0.05, 0.1) is 13.5 Å². The topological polar surface area (TPSA) is 64.6 Å². The third kappa shape index (κ3) is 5.43. The van der Waals surface area contributed by atoms with Crippen molar-refractivity contribution in [3.8, 4) is 5.75 Å². The van der Waals surface area contributed by atoms with Crippen molar-refractivity contribution in [1.82, 2.24) is 0 Å². The second-order valence-corrected chi connectivity index (χ2v) is 4.74. The maximum Gasteiger partial charge on any atom is 0.310 e. The summed E-state index contributed by atoms with van der Waals surface area (Å²) in [6, 6.07) is 12.3. The molecule has 0 bridgehead atoms. The molecule has 2 aromatic carbocycles. The van der Waals surface area contributed by atoms with Gasteiger partial charge in [0.1, 0.15) is 11.6 Å². The molecular formula is C17H16FNO4. The summed E-state index contributed by atoms with van der Waals surface area (Å²) in [5.41, 5.74) is 1.19. The standard InChI is InChI=1S/C17H16FNO4/c1-22-15-8-6-14(7-9-15)19-16(20)11-23-17(21)10-12-2-4-13(18)5-3-12/h2-9H,10-11H2,1H3,(H,19,20). The van der Waals surface area contributed by atoms with Crippen molar-refractivity contribution in [2.45, 2.75) is 6.42 Å². The second kappa shape index (κ2) is 7.93. The van der Waals surface area contributed by atoms with Crippen LogP contribution < -0.4 is 10.1 Å². The van der Waals surface area contributed by atoms with Crippen LogP contribution in [0.4, 0.5) is 10.1 Å². The van der Waals surface area contributed by atoms with Gasteiger partial charge in [-0.3, -0.25) is 9.59 Å². The van der Waals surface area contributed by atoms with Crippen LogP contribution >= 0.6 is 0 Å². The van der Waals surface area contributed by atoms with E-state index in [-0.39, 0.29) is 18.8 Å². The van der Waals surface area contributed by atoms with Crippen LogP contribution in [-0.4, -0.2) is 25.6 Å². The van der Waals surface area contributed by atoms with Crippen molar-refractivity contribution >= 4 is 17.6 Å². The van der Waals surface area contributed by atoms with Crippen molar-refractivity contribution in [1.29, 1.82) is 0 Å². The molecule has 2 rings (SSSR count). The van der Waals surface area contributed by atoms with E-state index in [2.05, 4.69) is 5.32 Å². The van der Waals surface area contributed by atoms with Crippen LogP contribution in [-0.2, 0) is 20.7 Å². The summed E-state index contributed by atoms with van der Waals surface area (Å²) < 4.78 is 22.7. The van der Waals surface area contributed by atoms with Crippen LogP contribution in [0.1, 0.15) is 5.56 Å². The van der Waals surface area contributed by atoms with Crippen LogP contribution in [0.2, 0.25) is 0 Å². The van der Waals surface area contributed by atoms with E-state index in [1.165, 1.54) is 24.3 Å². The molecule has 0 atom stereocenters. The smallest absolute Gasteiger partial charge is 0.310 e. The molecular weight excluding hydrogens is 301 g/mol. The molecule has 0 heterocycles. The fraction of sp³-hybridized carbons (Fsp3) is 0.176. The Hall–Kier alpha value is -2.89. The number of carbonyl (C=O) groups excluding carboxylic acids is 2. The molecule has 1 N–H and O–H groups in total. The van der Waals surface area contributed by atoms with E-state index in [1.54, 1.807) is 31.4 Å². The minimum Gasteiger partial charge on any atom is -0.497 e. The first kappa shape index (κ1) is 16.5. The van der Waals surface area contributed by atoms with Gasteiger partial charge in [-0.25, -0.2) is 4.39 Å². The van der Waals surface area contributed by atoms with Gasteiger partial charge in [-0.2, -0.15) is 0 Å². The molecule has 2 aromatic rings. The lowest BCUT2D eigenvalue weighted by Crippen LogP contribution is -2.21. The fourth-order valence-electron chi connectivity index (χ4n) is 1.84. The predicted molar refractivity (Wildman–Crippen MR) is 82.7 cm³/mol. The quantitative estimate of drug-likeness (QED) is 0.832. The first-order valence-electron chi connectivity index (χ1n) is 6.91. The molecule has 0 aromatic heterocycles. The van der Waals surface area contributed by atoms with Gasteiger partial charge in [-0.1, -0.05) is 12.1 Å². The average Bonchev–Trinajstić information content (AvgIpc) is 2.56. The van der Waals surface area contributed by atoms with E-state index in [9.17, 15) is 14.0 Å². The molecule has 120 valence electrons. The van der Waals surface area contributed by atoms with Crippen molar-refractivity contribution in [3.05, 3.63) is 59.9 Å². The Morgan fingerprint density at radius 2 is 1.70 bits per heavy atom. The van der Waals surface area contributed by atoms with Gasteiger partial charge < -0.3 is 14.8 Å². The fourth-order valence-corrected chi connectivity index (χ4v) is 1.84. The lowest BCUT2D eigenvalue weighted by molar-refractivity contribution is -0.146. The Morgan fingerprint density at radius 3 is 2.30 bits per heavy atom. The van der Waals surface area contributed by atoms with Crippen molar-refractivity contribution in [2.24, 2.45) is 0 Å². The molecule has 0 unspecified atom stereocenters. The van der Waals surface area contributed by atoms with E-state index in [4.69, 9.17) is 9.47 Å². The molecule has 0 spiro atoms. The Bertz CT molecular complexity index is 668. The van der Waals surface area contributed by atoms with Crippen LogP contribution in [0.25, 0.3) is 0 Å². The maximum atomic E-state index is 12.8. The number of hydrogen-bond donors (Lipinski definition) is 1. The molecule has 0 radical (unpaired) electrons. The first-order chi connectivity index (χ1) is 11.1. The summed E-state index contributed by atoms with van der Waals surface area (Å²) in [6.07, 6.45) is -0.0178. The number of rotatable bonds is 6. The second-order valence-electron chi connectivity index (χ2n) is 4.74. The van der Waals surface area contributed by atoms with Gasteiger partial charge >= 0.3 is 5.97 Å². The highest BCUT2D eigenvalue weighted by Gasteiger charge is 2.09. The number of ether oxygens (including phenoxy) is 2. The molecule has 0 aliphatic carbocycles. The van der Waals surface area contributed by atoms with E-state index in [1.807, 2.05) is 0 Å². The SMILES string of the molecule is COc1ccc(NC(=O)COC(=O)Cc2ccc(F)cc2)cc1. The van der Waals surface area contributed by atoms with Gasteiger partial charge in [-0.15, -0.1) is 0 Å². The largest absolute Gasteiger partial charge is 0.497 e. The summed E-state index contributed by atoms with van der Waals surface area (Å²) in [4.78, 5) is 23.3. The molecule has 0 aliphatic heterocycles. The number of esters is 1. The van der Waals surface area contributed by atoms with E-state index >= 15 is 0 Å². The lowest BCUT2D eigenvalue weighted by Gasteiger charge is -2.07. The van der Waals surface area contributed by atoms with Crippen molar-refractivity contribution in [3.63, 3.8) is 0 Å². The lowest BCUT2D eigenvalue weighted by atomic mass is 10.1. The van der Waals surface area contributed by atoms with Gasteiger partial charge in [0.2, 0.25) is 0 Å². The molecule has 5 nitrogen and oxygen atoms in total. The summed E-state index contributed by atoms with van der Waals surface area (Å²) in [7, 11) is 1.55. The first-order valence-corrected chi connectivity index (χ1v) is 6.91. The minimum absolute atomic E-state index is 0.0178. The summed E-state index contributed by atoms with van der Waals surface area (Å²) in [5.74, 6) is -0.696. The predicted octanol–water partition coefficient (Wildman–Crippen LogP) is 2.56. The molecule has 0 saturated heterocycles. The highest BCUT2D eigenvalue weighted by molar-refractivity contribution is 5.92. The third-order valence-corrected chi connectivity index (χ3v) is 3.00. The molecule has 6 heteroatoms. The van der Waals surface area contributed by atoms with Gasteiger partial charge in [0, 0.05) is 5.69 Å². The van der Waals surface area contributed by atoms with Crippen LogP contribution in [0, 0.1) is 5.82 Å².